The molecule has 0 spiro atoms. The van der Waals surface area contributed by atoms with Gasteiger partial charge in [-0.25, -0.2) is 10.9 Å². The molecule has 3 aromatic carbocycles. The van der Waals surface area contributed by atoms with Crippen LogP contribution in [0, 0.1) is 0 Å². The van der Waals surface area contributed by atoms with E-state index in [0.29, 0.717) is 22.6 Å². The molecule has 0 bridgehead atoms. The molecule has 0 fully saturated rings. The van der Waals surface area contributed by atoms with E-state index in [9.17, 15) is 14.7 Å². The lowest BCUT2D eigenvalue weighted by Crippen LogP contribution is -2.21. The molecule has 0 aromatic heterocycles. The summed E-state index contributed by atoms with van der Waals surface area (Å²) in [6, 6.07) is 14.8. The summed E-state index contributed by atoms with van der Waals surface area (Å²) in [5.74, 6) is -0.787. The van der Waals surface area contributed by atoms with Crippen LogP contribution >= 0.6 is 31.9 Å². The van der Waals surface area contributed by atoms with E-state index >= 15 is 0 Å². The molecule has 0 aliphatic heterocycles. The highest BCUT2D eigenvalue weighted by Gasteiger charge is 2.18. The number of para-hydroxylation sites is 1. The van der Waals surface area contributed by atoms with Gasteiger partial charge < -0.3 is 14.6 Å². The van der Waals surface area contributed by atoms with Crippen LogP contribution in [0.1, 0.15) is 31.8 Å². The summed E-state index contributed by atoms with van der Waals surface area (Å²) in [5.41, 5.74) is 5.64. The fourth-order valence-electron chi connectivity index (χ4n) is 2.96. The van der Waals surface area contributed by atoms with Crippen molar-refractivity contribution >= 4 is 56.1 Å². The van der Waals surface area contributed by atoms with Gasteiger partial charge in [0.2, 0.25) is 0 Å². The van der Waals surface area contributed by atoms with Gasteiger partial charge in [0, 0.05) is 20.1 Å². The van der Waals surface area contributed by atoms with Crippen LogP contribution in [0.5, 0.6) is 17.2 Å². The minimum absolute atomic E-state index is 0.131. The van der Waals surface area contributed by atoms with Gasteiger partial charge in [0.25, 0.3) is 11.8 Å². The number of ether oxygens (including phenoxy) is 2. The average molecular weight is 604 g/mol. The highest BCUT2D eigenvalue weighted by molar-refractivity contribution is 9.10. The third kappa shape index (κ3) is 6.67. The first-order valence-electron chi connectivity index (χ1n) is 10.00. The van der Waals surface area contributed by atoms with E-state index in [1.807, 2.05) is 12.1 Å². The summed E-state index contributed by atoms with van der Waals surface area (Å²) in [7, 11) is 3.04. The molecule has 0 unspecified atom stereocenters. The van der Waals surface area contributed by atoms with Crippen molar-refractivity contribution < 1.29 is 24.2 Å². The van der Waals surface area contributed by atoms with Gasteiger partial charge in [0.1, 0.15) is 17.2 Å². The maximum Gasteiger partial charge on any atom is 0.275 e. The number of amides is 2. The molecular formula is C24H20Br2N4O5. The van der Waals surface area contributed by atoms with Crippen LogP contribution in [-0.2, 0) is 0 Å². The van der Waals surface area contributed by atoms with E-state index in [1.54, 1.807) is 24.3 Å². The number of aromatic hydroxyl groups is 1. The Morgan fingerprint density at radius 2 is 1.23 bits per heavy atom. The number of benzene rings is 3. The topological polar surface area (TPSA) is 122 Å². The SMILES string of the molecule is COc1ccc(Br)cc1/C=N/NC(=O)c1cccc(C(=O)N/N=C/c2cc(Br)ccc2OC)c1O. The quantitative estimate of drug-likeness (QED) is 0.259. The third-order valence-corrected chi connectivity index (χ3v) is 5.63. The number of hydrogen-bond acceptors (Lipinski definition) is 7. The first-order chi connectivity index (χ1) is 16.8. The fourth-order valence-corrected chi connectivity index (χ4v) is 3.72. The Bertz CT molecular complexity index is 1220. The van der Waals surface area contributed by atoms with Crippen molar-refractivity contribution in [1.82, 2.24) is 10.9 Å². The molecule has 0 heterocycles. The number of carbonyl (C=O) groups excluding carboxylic acids is 2. The third-order valence-electron chi connectivity index (χ3n) is 4.65. The van der Waals surface area contributed by atoms with Crippen molar-refractivity contribution in [3.63, 3.8) is 0 Å². The largest absolute Gasteiger partial charge is 0.506 e. The minimum atomic E-state index is -0.704. The van der Waals surface area contributed by atoms with Crippen LogP contribution in [0.2, 0.25) is 0 Å². The molecule has 9 nitrogen and oxygen atoms in total. The second-order valence-corrected chi connectivity index (χ2v) is 8.70. The van der Waals surface area contributed by atoms with E-state index < -0.39 is 17.6 Å². The Hall–Kier alpha value is -3.70. The Kier molecular flexibility index (Phi) is 8.98. The molecular weight excluding hydrogens is 584 g/mol. The lowest BCUT2D eigenvalue weighted by molar-refractivity contribution is 0.0950. The molecule has 0 radical (unpaired) electrons. The number of hydrogen-bond donors (Lipinski definition) is 3. The number of hydrazone groups is 2. The fraction of sp³-hybridized carbons (Fsp3) is 0.0833. The lowest BCUT2D eigenvalue weighted by Gasteiger charge is -2.08. The normalized spacial score (nSPS) is 11.0. The van der Waals surface area contributed by atoms with Gasteiger partial charge in [-0.3, -0.25) is 9.59 Å². The van der Waals surface area contributed by atoms with Crippen LogP contribution in [0.3, 0.4) is 0 Å². The summed E-state index contributed by atoms with van der Waals surface area (Å²) >= 11 is 6.72. The molecule has 11 heteroatoms. The Labute approximate surface area is 218 Å². The van der Waals surface area contributed by atoms with Gasteiger partial charge in [0.15, 0.2) is 0 Å². The predicted molar refractivity (Wildman–Crippen MR) is 140 cm³/mol. The van der Waals surface area contributed by atoms with E-state index in [0.717, 1.165) is 8.95 Å². The number of phenols is 1. The molecule has 3 N–H and O–H groups in total. The Morgan fingerprint density at radius 3 is 1.63 bits per heavy atom. The molecule has 35 heavy (non-hydrogen) atoms. The van der Waals surface area contributed by atoms with Crippen molar-refractivity contribution in [3.8, 4) is 17.2 Å². The average Bonchev–Trinajstić information content (AvgIpc) is 2.84. The van der Waals surface area contributed by atoms with Crippen molar-refractivity contribution in [2.75, 3.05) is 14.2 Å². The van der Waals surface area contributed by atoms with E-state index in [4.69, 9.17) is 9.47 Å². The van der Waals surface area contributed by atoms with Gasteiger partial charge in [-0.05, 0) is 48.5 Å². The van der Waals surface area contributed by atoms with Crippen molar-refractivity contribution in [2.45, 2.75) is 0 Å². The van der Waals surface area contributed by atoms with Crippen LogP contribution < -0.4 is 20.3 Å². The zero-order valence-electron chi connectivity index (χ0n) is 18.6. The van der Waals surface area contributed by atoms with Gasteiger partial charge in [0.05, 0.1) is 37.8 Å². The van der Waals surface area contributed by atoms with Crippen molar-refractivity contribution in [2.24, 2.45) is 10.2 Å². The van der Waals surface area contributed by atoms with Gasteiger partial charge in [-0.15, -0.1) is 0 Å². The second kappa shape index (κ2) is 12.1. The lowest BCUT2D eigenvalue weighted by atomic mass is 10.1. The summed E-state index contributed by atoms with van der Waals surface area (Å²) in [6.45, 7) is 0. The first-order valence-corrected chi connectivity index (χ1v) is 11.6. The summed E-state index contributed by atoms with van der Waals surface area (Å²) in [5, 5.41) is 18.3. The van der Waals surface area contributed by atoms with Crippen molar-refractivity contribution in [1.29, 1.82) is 0 Å². The highest BCUT2D eigenvalue weighted by atomic mass is 79.9. The summed E-state index contributed by atoms with van der Waals surface area (Å²) in [6.07, 6.45) is 2.81. The molecule has 180 valence electrons. The number of rotatable bonds is 8. The monoisotopic (exact) mass is 602 g/mol. The molecule has 3 rings (SSSR count). The maximum absolute atomic E-state index is 12.5. The minimum Gasteiger partial charge on any atom is -0.506 e. The van der Waals surface area contributed by atoms with E-state index in [1.165, 1.54) is 44.8 Å². The number of halogens is 2. The van der Waals surface area contributed by atoms with E-state index in [2.05, 4.69) is 52.9 Å². The van der Waals surface area contributed by atoms with Gasteiger partial charge in [-0.1, -0.05) is 37.9 Å². The summed E-state index contributed by atoms with van der Waals surface area (Å²) in [4.78, 5) is 25.1. The summed E-state index contributed by atoms with van der Waals surface area (Å²) < 4.78 is 12.1. The van der Waals surface area contributed by atoms with Crippen molar-refractivity contribution in [3.05, 3.63) is 85.8 Å². The Balaban J connectivity index is 1.71. The van der Waals surface area contributed by atoms with Crippen LogP contribution in [0.25, 0.3) is 0 Å². The second-order valence-electron chi connectivity index (χ2n) is 6.87. The molecule has 0 aliphatic rings. The number of nitrogens with one attached hydrogen (secondary N) is 2. The first kappa shape index (κ1) is 25.9. The van der Waals surface area contributed by atoms with Gasteiger partial charge >= 0.3 is 0 Å². The number of carbonyl (C=O) groups is 2. The Morgan fingerprint density at radius 1 is 0.800 bits per heavy atom. The van der Waals surface area contributed by atoms with Crippen LogP contribution in [-0.4, -0.2) is 43.6 Å². The molecule has 2 amide bonds. The molecule has 3 aromatic rings. The zero-order valence-corrected chi connectivity index (χ0v) is 21.8. The predicted octanol–water partition coefficient (Wildman–Crippen LogP) is 4.46. The number of phenolic OH excluding ortho intramolecular Hbond substituents is 1. The number of nitrogens with zero attached hydrogens (tertiary/aromatic N) is 2. The van der Waals surface area contributed by atoms with Gasteiger partial charge in [-0.2, -0.15) is 10.2 Å². The molecule has 0 saturated carbocycles. The molecule has 0 atom stereocenters. The molecule has 0 aliphatic carbocycles. The van der Waals surface area contributed by atoms with Crippen LogP contribution in [0.4, 0.5) is 0 Å². The van der Waals surface area contributed by atoms with Crippen LogP contribution in [0.15, 0.2) is 73.7 Å². The van der Waals surface area contributed by atoms with E-state index in [-0.39, 0.29) is 11.1 Å². The maximum atomic E-state index is 12.5. The molecule has 0 saturated heterocycles. The zero-order chi connectivity index (χ0) is 25.4. The highest BCUT2D eigenvalue weighted by Crippen LogP contribution is 2.24. The smallest absolute Gasteiger partial charge is 0.275 e. The standard InChI is InChI=1S/C24H20Br2N4O5/c1-34-20-8-6-16(25)10-14(20)12-27-29-23(32)18-4-3-5-19(22(18)31)24(33)30-28-13-15-11-17(26)7-9-21(15)35-2/h3-13,31H,1-2H3,(H,29,32)(H,30,33)/b27-12+,28-13+. The number of methoxy groups -OCH3 is 2.